The van der Waals surface area contributed by atoms with Gasteiger partial charge in [0.15, 0.2) is 0 Å². The fourth-order valence-corrected chi connectivity index (χ4v) is 3.20. The first-order valence-corrected chi connectivity index (χ1v) is 9.70. The molecule has 0 aliphatic rings. The second-order valence-corrected chi connectivity index (χ2v) is 7.99. The van der Waals surface area contributed by atoms with Crippen LogP contribution in [0.3, 0.4) is 0 Å². The monoisotopic (exact) mass is 390 g/mol. The third-order valence-corrected chi connectivity index (χ3v) is 4.74. The van der Waals surface area contributed by atoms with Crippen molar-refractivity contribution in [3.8, 4) is 16.3 Å². The van der Waals surface area contributed by atoms with Crippen LogP contribution >= 0.6 is 11.3 Å². The second-order valence-electron chi connectivity index (χ2n) is 7.02. The van der Waals surface area contributed by atoms with E-state index >= 15 is 0 Å². The minimum Gasteiger partial charge on any atom is -0.497 e. The molecule has 1 heterocycles. The lowest BCUT2D eigenvalue weighted by Gasteiger charge is -2.21. The number of rotatable bonds is 8. The Morgan fingerprint density at radius 1 is 1.11 bits per heavy atom. The number of methoxy groups -OCH3 is 1. The minimum absolute atomic E-state index is 0.0462. The Balaban J connectivity index is 2.04. The Morgan fingerprint density at radius 3 is 2.33 bits per heavy atom. The molecule has 0 aliphatic heterocycles. The summed E-state index contributed by atoms with van der Waals surface area (Å²) in [5.41, 5.74) is 0.888. The van der Waals surface area contributed by atoms with Gasteiger partial charge in [0, 0.05) is 12.0 Å². The number of carbonyl (C=O) groups is 2. The Bertz CT molecular complexity index is 772. The van der Waals surface area contributed by atoms with Gasteiger partial charge in [0.05, 0.1) is 7.11 Å². The summed E-state index contributed by atoms with van der Waals surface area (Å²) >= 11 is 1.28. The van der Waals surface area contributed by atoms with Crippen LogP contribution in [0, 0.1) is 11.8 Å². The summed E-state index contributed by atoms with van der Waals surface area (Å²) in [6, 6.07) is 6.83. The molecule has 0 saturated heterocycles. The van der Waals surface area contributed by atoms with Crippen molar-refractivity contribution in [2.45, 2.75) is 40.2 Å². The predicted molar refractivity (Wildman–Crippen MR) is 107 cm³/mol. The van der Waals surface area contributed by atoms with Gasteiger partial charge in [-0.1, -0.05) is 39.0 Å². The van der Waals surface area contributed by atoms with Crippen molar-refractivity contribution in [2.75, 3.05) is 12.4 Å². The molecule has 0 bridgehead atoms. The third kappa shape index (κ3) is 6.02. The maximum absolute atomic E-state index is 12.6. The zero-order chi connectivity index (χ0) is 20.0. The molecule has 27 heavy (non-hydrogen) atoms. The van der Waals surface area contributed by atoms with Crippen molar-refractivity contribution in [1.29, 1.82) is 0 Å². The molecule has 2 rings (SSSR count). The van der Waals surface area contributed by atoms with Gasteiger partial charge in [-0.05, 0) is 36.1 Å². The molecule has 8 heteroatoms. The summed E-state index contributed by atoms with van der Waals surface area (Å²) in [5, 5.41) is 14.8. The Labute approximate surface area is 163 Å². The minimum atomic E-state index is -0.621. The Morgan fingerprint density at radius 2 is 1.78 bits per heavy atom. The van der Waals surface area contributed by atoms with Gasteiger partial charge in [-0.25, -0.2) is 0 Å². The first-order chi connectivity index (χ1) is 12.8. The van der Waals surface area contributed by atoms with E-state index in [9.17, 15) is 9.59 Å². The third-order valence-electron chi connectivity index (χ3n) is 3.85. The maximum Gasteiger partial charge on any atom is 0.249 e. The number of aromatic nitrogens is 2. The quantitative estimate of drug-likeness (QED) is 0.721. The van der Waals surface area contributed by atoms with Crippen LogP contribution in [-0.4, -0.2) is 35.2 Å². The van der Waals surface area contributed by atoms with E-state index in [0.717, 1.165) is 11.3 Å². The van der Waals surface area contributed by atoms with E-state index in [4.69, 9.17) is 4.74 Å². The first kappa shape index (κ1) is 20.8. The highest BCUT2D eigenvalue weighted by Gasteiger charge is 2.25. The van der Waals surface area contributed by atoms with Gasteiger partial charge in [-0.2, -0.15) is 0 Å². The van der Waals surface area contributed by atoms with Crippen molar-refractivity contribution in [2.24, 2.45) is 11.8 Å². The molecule has 146 valence electrons. The summed E-state index contributed by atoms with van der Waals surface area (Å²) in [6.45, 7) is 7.71. The molecule has 2 amide bonds. The van der Waals surface area contributed by atoms with E-state index in [2.05, 4.69) is 20.8 Å². The number of amides is 2. The van der Waals surface area contributed by atoms with Crippen LogP contribution in [0.5, 0.6) is 5.75 Å². The Hall–Kier alpha value is -2.48. The van der Waals surface area contributed by atoms with Crippen LogP contribution < -0.4 is 15.4 Å². The molecule has 2 N–H and O–H groups in total. The molecule has 0 radical (unpaired) electrons. The highest BCUT2D eigenvalue weighted by Crippen LogP contribution is 2.28. The summed E-state index contributed by atoms with van der Waals surface area (Å²) in [6.07, 6.45) is 0.386. The van der Waals surface area contributed by atoms with Gasteiger partial charge in [-0.15, -0.1) is 10.2 Å². The number of carbonyl (C=O) groups excluding carboxylic acids is 2. The van der Waals surface area contributed by atoms with Gasteiger partial charge < -0.3 is 10.1 Å². The van der Waals surface area contributed by atoms with Crippen molar-refractivity contribution in [3.05, 3.63) is 24.3 Å². The fraction of sp³-hybridized carbons (Fsp3) is 0.474. The zero-order valence-electron chi connectivity index (χ0n) is 16.3. The zero-order valence-corrected chi connectivity index (χ0v) is 17.1. The SMILES string of the molecule is COc1ccc(-c2nnc(NC(=O)[C@@H](NC(=O)CC(C)C)C(C)C)s2)cc1. The average molecular weight is 391 g/mol. The predicted octanol–water partition coefficient (Wildman–Crippen LogP) is 3.34. The van der Waals surface area contributed by atoms with E-state index < -0.39 is 6.04 Å². The van der Waals surface area contributed by atoms with E-state index in [1.165, 1.54) is 11.3 Å². The van der Waals surface area contributed by atoms with Crippen LogP contribution in [-0.2, 0) is 9.59 Å². The summed E-state index contributed by atoms with van der Waals surface area (Å²) in [7, 11) is 1.61. The summed E-state index contributed by atoms with van der Waals surface area (Å²) in [5.74, 6) is 0.523. The average Bonchev–Trinajstić information content (AvgIpc) is 3.07. The lowest BCUT2D eigenvalue weighted by atomic mass is 10.0. The van der Waals surface area contributed by atoms with E-state index in [-0.39, 0.29) is 23.7 Å². The fourth-order valence-electron chi connectivity index (χ4n) is 2.45. The van der Waals surface area contributed by atoms with Gasteiger partial charge in [-0.3, -0.25) is 14.9 Å². The van der Waals surface area contributed by atoms with Crippen molar-refractivity contribution in [1.82, 2.24) is 15.5 Å². The number of hydrogen-bond donors (Lipinski definition) is 2. The molecular formula is C19H26N4O3S. The lowest BCUT2D eigenvalue weighted by molar-refractivity contribution is -0.127. The largest absolute Gasteiger partial charge is 0.497 e. The second kappa shape index (κ2) is 9.45. The van der Waals surface area contributed by atoms with E-state index in [1.54, 1.807) is 7.11 Å². The number of anilines is 1. The van der Waals surface area contributed by atoms with Crippen molar-refractivity contribution in [3.63, 3.8) is 0 Å². The molecule has 1 aromatic carbocycles. The molecular weight excluding hydrogens is 364 g/mol. The topological polar surface area (TPSA) is 93.2 Å². The molecule has 0 spiro atoms. The van der Waals surface area contributed by atoms with Crippen LogP contribution in [0.25, 0.3) is 10.6 Å². The molecule has 0 unspecified atom stereocenters. The maximum atomic E-state index is 12.6. The molecule has 2 aromatic rings. The summed E-state index contributed by atoms with van der Waals surface area (Å²) < 4.78 is 5.14. The van der Waals surface area contributed by atoms with E-state index in [1.807, 2.05) is 52.0 Å². The van der Waals surface area contributed by atoms with Crippen LogP contribution in [0.4, 0.5) is 5.13 Å². The number of nitrogens with zero attached hydrogens (tertiary/aromatic N) is 2. The molecule has 7 nitrogen and oxygen atoms in total. The molecule has 0 saturated carbocycles. The van der Waals surface area contributed by atoms with E-state index in [0.29, 0.717) is 16.6 Å². The molecule has 0 aliphatic carbocycles. The summed E-state index contributed by atoms with van der Waals surface area (Å²) in [4.78, 5) is 24.6. The highest BCUT2D eigenvalue weighted by atomic mass is 32.1. The molecule has 0 fully saturated rings. The van der Waals surface area contributed by atoms with Crippen molar-refractivity contribution >= 4 is 28.3 Å². The number of hydrogen-bond acceptors (Lipinski definition) is 6. The number of benzene rings is 1. The van der Waals surface area contributed by atoms with Gasteiger partial charge in [0.1, 0.15) is 16.8 Å². The molecule has 1 atom stereocenters. The van der Waals surface area contributed by atoms with Gasteiger partial charge in [0.2, 0.25) is 16.9 Å². The smallest absolute Gasteiger partial charge is 0.249 e. The normalized spacial score (nSPS) is 12.1. The number of ether oxygens (including phenoxy) is 1. The van der Waals surface area contributed by atoms with Crippen LogP contribution in [0.2, 0.25) is 0 Å². The van der Waals surface area contributed by atoms with Crippen LogP contribution in [0.15, 0.2) is 24.3 Å². The number of nitrogens with one attached hydrogen (secondary N) is 2. The van der Waals surface area contributed by atoms with Gasteiger partial charge >= 0.3 is 0 Å². The molecule has 1 aromatic heterocycles. The Kier molecular flexibility index (Phi) is 7.29. The standard InChI is InChI=1S/C19H26N4O3S/c1-11(2)10-15(24)20-16(12(3)4)17(25)21-19-23-22-18(27-19)13-6-8-14(26-5)9-7-13/h6-9,11-12,16H,10H2,1-5H3,(H,20,24)(H,21,23,25)/t16-/m0/s1. The first-order valence-electron chi connectivity index (χ1n) is 8.88. The highest BCUT2D eigenvalue weighted by molar-refractivity contribution is 7.18. The van der Waals surface area contributed by atoms with Crippen LogP contribution in [0.1, 0.15) is 34.1 Å². The van der Waals surface area contributed by atoms with Crippen molar-refractivity contribution < 1.29 is 14.3 Å². The lowest BCUT2D eigenvalue weighted by Crippen LogP contribution is -2.47. The van der Waals surface area contributed by atoms with Gasteiger partial charge in [0.25, 0.3) is 0 Å².